The van der Waals surface area contributed by atoms with E-state index in [-0.39, 0.29) is 40.0 Å². The van der Waals surface area contributed by atoms with Crippen LogP contribution in [0.15, 0.2) is 6.07 Å². The maximum Gasteiger partial charge on any atom is 0.388 e. The maximum absolute atomic E-state index is 14.9. The molecule has 2 aromatic rings. The lowest BCUT2D eigenvalue weighted by molar-refractivity contribution is -0.125. The number of ether oxygens (including phenoxy) is 2. The highest BCUT2D eigenvalue weighted by Crippen LogP contribution is 2.50. The van der Waals surface area contributed by atoms with Gasteiger partial charge in [-0.3, -0.25) is 14.5 Å². The Morgan fingerprint density at radius 2 is 2.14 bits per heavy atom. The van der Waals surface area contributed by atoms with Crippen molar-refractivity contribution in [2.45, 2.75) is 19.6 Å². The van der Waals surface area contributed by atoms with Gasteiger partial charge in [0.2, 0.25) is 11.8 Å². The molecule has 1 atom stereocenters. The second-order valence-electron chi connectivity index (χ2n) is 6.14. The van der Waals surface area contributed by atoms with E-state index >= 15 is 0 Å². The SMILES string of the molecule is CC1C(=O)Nc2c(-c3nn(C)c(OC(F)F)c3Cl)c(F)cc3c2N1C(=O)CO3. The normalized spacial score (nSPS) is 18.1. The first kappa shape index (κ1) is 18.4. The first-order valence-corrected chi connectivity index (χ1v) is 8.38. The van der Waals surface area contributed by atoms with E-state index in [1.54, 1.807) is 0 Å². The number of alkyl halides is 2. The van der Waals surface area contributed by atoms with Crippen molar-refractivity contribution >= 4 is 34.8 Å². The molecule has 12 heteroatoms. The molecule has 0 spiro atoms. The van der Waals surface area contributed by atoms with E-state index in [0.717, 1.165) is 10.7 Å². The molecule has 0 bridgehead atoms. The number of halogens is 4. The van der Waals surface area contributed by atoms with E-state index in [1.165, 1.54) is 18.9 Å². The Morgan fingerprint density at radius 1 is 1.43 bits per heavy atom. The van der Waals surface area contributed by atoms with Crippen LogP contribution in [-0.2, 0) is 16.6 Å². The Hall–Kier alpha value is -2.95. The van der Waals surface area contributed by atoms with Crippen molar-refractivity contribution in [3.63, 3.8) is 0 Å². The van der Waals surface area contributed by atoms with Gasteiger partial charge >= 0.3 is 6.61 Å². The van der Waals surface area contributed by atoms with E-state index in [2.05, 4.69) is 15.2 Å². The van der Waals surface area contributed by atoms with Gasteiger partial charge < -0.3 is 14.8 Å². The van der Waals surface area contributed by atoms with Crippen LogP contribution in [0.2, 0.25) is 5.02 Å². The summed E-state index contributed by atoms with van der Waals surface area (Å²) in [6.07, 6.45) is 0. The number of anilines is 2. The van der Waals surface area contributed by atoms with Gasteiger partial charge in [0, 0.05) is 13.1 Å². The van der Waals surface area contributed by atoms with Crippen LogP contribution in [0.25, 0.3) is 11.3 Å². The Balaban J connectivity index is 1.98. The Morgan fingerprint density at radius 3 is 2.82 bits per heavy atom. The summed E-state index contributed by atoms with van der Waals surface area (Å²) in [5.74, 6) is -2.34. The fraction of sp³-hybridized carbons (Fsp3) is 0.312. The van der Waals surface area contributed by atoms with E-state index in [9.17, 15) is 22.8 Å². The van der Waals surface area contributed by atoms with Crippen molar-refractivity contribution in [1.82, 2.24) is 9.78 Å². The zero-order valence-electron chi connectivity index (χ0n) is 14.4. The van der Waals surface area contributed by atoms with Crippen LogP contribution in [-0.4, -0.2) is 40.9 Å². The summed E-state index contributed by atoms with van der Waals surface area (Å²) in [6, 6.07) is 0.175. The number of carbonyl (C=O) groups is 2. The van der Waals surface area contributed by atoms with Crippen molar-refractivity contribution in [1.29, 1.82) is 0 Å². The van der Waals surface area contributed by atoms with Crippen LogP contribution in [0.1, 0.15) is 6.92 Å². The minimum Gasteiger partial charge on any atom is -0.481 e. The number of amides is 2. The summed E-state index contributed by atoms with van der Waals surface area (Å²) in [6.45, 7) is -2.01. The van der Waals surface area contributed by atoms with Gasteiger partial charge in [0.05, 0.1) is 11.3 Å². The second kappa shape index (κ2) is 6.30. The summed E-state index contributed by atoms with van der Waals surface area (Å²) >= 11 is 6.11. The molecule has 1 unspecified atom stereocenters. The zero-order chi connectivity index (χ0) is 20.3. The largest absolute Gasteiger partial charge is 0.481 e. The predicted molar refractivity (Wildman–Crippen MR) is 91.3 cm³/mol. The van der Waals surface area contributed by atoms with Crippen molar-refractivity contribution in [3.05, 3.63) is 16.9 Å². The smallest absolute Gasteiger partial charge is 0.388 e. The fourth-order valence-corrected chi connectivity index (χ4v) is 3.56. The molecule has 0 aliphatic carbocycles. The van der Waals surface area contributed by atoms with Gasteiger partial charge in [-0.15, -0.1) is 0 Å². The first-order valence-electron chi connectivity index (χ1n) is 8.00. The topological polar surface area (TPSA) is 85.7 Å². The summed E-state index contributed by atoms with van der Waals surface area (Å²) in [7, 11) is 1.29. The second-order valence-corrected chi connectivity index (χ2v) is 6.52. The lowest BCUT2D eigenvalue weighted by Crippen LogP contribution is -2.53. The predicted octanol–water partition coefficient (Wildman–Crippen LogP) is 2.55. The minimum absolute atomic E-state index is 0.0545. The number of hydrogen-bond donors (Lipinski definition) is 1. The number of nitrogens with zero attached hydrogens (tertiary/aromatic N) is 3. The fourth-order valence-electron chi connectivity index (χ4n) is 3.26. The van der Waals surface area contributed by atoms with Crippen LogP contribution in [0.5, 0.6) is 11.6 Å². The lowest BCUT2D eigenvalue weighted by Gasteiger charge is -2.39. The molecule has 0 saturated carbocycles. The first-order chi connectivity index (χ1) is 13.2. The zero-order valence-corrected chi connectivity index (χ0v) is 15.2. The molecule has 2 aliphatic heterocycles. The third-order valence-electron chi connectivity index (χ3n) is 4.47. The van der Waals surface area contributed by atoms with Crippen molar-refractivity contribution in [3.8, 4) is 22.9 Å². The number of rotatable bonds is 3. The molecule has 1 N–H and O–H groups in total. The highest BCUT2D eigenvalue weighted by Gasteiger charge is 2.42. The maximum atomic E-state index is 14.9. The molecule has 148 valence electrons. The number of aromatic nitrogens is 2. The van der Waals surface area contributed by atoms with Crippen LogP contribution in [0.3, 0.4) is 0 Å². The Labute approximate surface area is 160 Å². The summed E-state index contributed by atoms with van der Waals surface area (Å²) in [4.78, 5) is 25.8. The van der Waals surface area contributed by atoms with Gasteiger partial charge in [-0.2, -0.15) is 13.9 Å². The number of carbonyl (C=O) groups excluding carboxylic acids is 2. The van der Waals surface area contributed by atoms with Gasteiger partial charge in [-0.25, -0.2) is 9.07 Å². The standard InChI is InChI=1S/C16H12ClF3N4O4/c1-5-14(26)21-12-9(11-10(17)15(23(2)22-11)28-16(19)20)6(18)3-7-13(12)24(5)8(25)4-27-7/h3,5,16H,4H2,1-2H3,(H,21,26). The van der Waals surface area contributed by atoms with Gasteiger partial charge in [-0.05, 0) is 6.92 Å². The van der Waals surface area contributed by atoms with E-state index in [1.807, 2.05) is 0 Å². The molecule has 8 nitrogen and oxygen atoms in total. The Bertz CT molecular complexity index is 1030. The van der Waals surface area contributed by atoms with Gasteiger partial charge in [0.1, 0.15) is 34.0 Å². The van der Waals surface area contributed by atoms with Crippen molar-refractivity contribution < 1.29 is 32.2 Å². The van der Waals surface area contributed by atoms with Crippen LogP contribution in [0.4, 0.5) is 24.5 Å². The summed E-state index contributed by atoms with van der Waals surface area (Å²) in [5, 5.41) is 6.10. The third kappa shape index (κ3) is 2.57. The monoisotopic (exact) mass is 416 g/mol. The summed E-state index contributed by atoms with van der Waals surface area (Å²) < 4.78 is 50.7. The number of nitrogens with one attached hydrogen (secondary N) is 1. The third-order valence-corrected chi connectivity index (χ3v) is 4.81. The van der Waals surface area contributed by atoms with Crippen molar-refractivity contribution in [2.75, 3.05) is 16.8 Å². The van der Waals surface area contributed by atoms with Gasteiger partial charge in [-0.1, -0.05) is 11.6 Å². The van der Waals surface area contributed by atoms with Crippen LogP contribution in [0, 0.1) is 5.82 Å². The van der Waals surface area contributed by atoms with E-state index < -0.39 is 36.2 Å². The summed E-state index contributed by atoms with van der Waals surface area (Å²) in [5.41, 5.74) is -0.442. The van der Waals surface area contributed by atoms with Crippen LogP contribution < -0.4 is 19.7 Å². The Kier molecular flexibility index (Phi) is 4.14. The van der Waals surface area contributed by atoms with E-state index in [0.29, 0.717) is 0 Å². The average Bonchev–Trinajstić information content (AvgIpc) is 2.88. The molecule has 1 aromatic carbocycles. The van der Waals surface area contributed by atoms with Gasteiger partial charge in [0.15, 0.2) is 6.61 Å². The molecule has 3 heterocycles. The molecule has 0 fully saturated rings. The average molecular weight is 417 g/mol. The van der Waals surface area contributed by atoms with Crippen LogP contribution >= 0.6 is 11.6 Å². The number of aryl methyl sites for hydroxylation is 1. The number of benzene rings is 1. The molecule has 0 radical (unpaired) electrons. The molecule has 4 rings (SSSR count). The number of hydrogen-bond acceptors (Lipinski definition) is 5. The molecule has 28 heavy (non-hydrogen) atoms. The molecule has 1 aromatic heterocycles. The van der Waals surface area contributed by atoms with Gasteiger partial charge in [0.25, 0.3) is 5.91 Å². The molecule has 0 saturated heterocycles. The minimum atomic E-state index is -3.17. The molecular formula is C16H12ClF3N4O4. The highest BCUT2D eigenvalue weighted by atomic mass is 35.5. The lowest BCUT2D eigenvalue weighted by atomic mass is 10.00. The van der Waals surface area contributed by atoms with E-state index in [4.69, 9.17) is 16.3 Å². The van der Waals surface area contributed by atoms with Crippen molar-refractivity contribution in [2.24, 2.45) is 7.05 Å². The molecular weight excluding hydrogens is 405 g/mol. The molecule has 2 amide bonds. The molecule has 2 aliphatic rings. The highest BCUT2D eigenvalue weighted by molar-refractivity contribution is 6.35. The quantitative estimate of drug-likeness (QED) is 0.831.